The van der Waals surface area contributed by atoms with Gasteiger partial charge in [-0.2, -0.15) is 0 Å². The average Bonchev–Trinajstić information content (AvgIpc) is 2.70. The van der Waals surface area contributed by atoms with Crippen molar-refractivity contribution >= 4 is 74.8 Å². The van der Waals surface area contributed by atoms with Crippen molar-refractivity contribution in [3.8, 4) is 0 Å². The van der Waals surface area contributed by atoms with Gasteiger partial charge >= 0.3 is 0 Å². The Morgan fingerprint density at radius 2 is 1.75 bits per heavy atom. The van der Waals surface area contributed by atoms with E-state index < -0.39 is 10.0 Å². The van der Waals surface area contributed by atoms with Gasteiger partial charge in [0.05, 0.1) is 0 Å². The number of rotatable bonds is 4. The van der Waals surface area contributed by atoms with E-state index in [2.05, 4.69) is 52.5 Å². The van der Waals surface area contributed by atoms with Crippen molar-refractivity contribution in [2.75, 3.05) is 5.73 Å². The first-order valence-corrected chi connectivity index (χ1v) is 10.0. The van der Waals surface area contributed by atoms with Crippen molar-refractivity contribution in [2.24, 2.45) is 0 Å². The molecule has 0 unspecified atom stereocenters. The number of sulfonamides is 1. The molecule has 108 valence electrons. The number of benzene rings is 1. The van der Waals surface area contributed by atoms with Gasteiger partial charge in [-0.3, -0.25) is 0 Å². The van der Waals surface area contributed by atoms with Crippen LogP contribution < -0.4 is 10.5 Å². The molecule has 0 aliphatic heterocycles. The van der Waals surface area contributed by atoms with Crippen LogP contribution in [-0.2, 0) is 16.6 Å². The van der Waals surface area contributed by atoms with E-state index in [0.29, 0.717) is 14.6 Å². The molecular formula is C11H9Br3N2O2S2. The molecule has 1 heterocycles. The molecule has 0 atom stereocenters. The first-order valence-electron chi connectivity index (χ1n) is 5.27. The molecule has 0 saturated heterocycles. The summed E-state index contributed by atoms with van der Waals surface area (Å²) in [6.45, 7) is 0.226. The maximum atomic E-state index is 12.4. The molecule has 20 heavy (non-hydrogen) atoms. The number of nitrogens with one attached hydrogen (secondary N) is 1. The molecule has 0 radical (unpaired) electrons. The van der Waals surface area contributed by atoms with Crippen LogP contribution in [0.3, 0.4) is 0 Å². The summed E-state index contributed by atoms with van der Waals surface area (Å²) in [5.41, 5.74) is 6.14. The Bertz CT molecular complexity index is 721. The summed E-state index contributed by atoms with van der Waals surface area (Å²) in [5.74, 6) is 0. The van der Waals surface area contributed by atoms with Crippen LogP contribution in [-0.4, -0.2) is 8.42 Å². The summed E-state index contributed by atoms with van der Waals surface area (Å²) in [4.78, 5) is 1.05. The van der Waals surface area contributed by atoms with Crippen molar-refractivity contribution in [3.05, 3.63) is 41.9 Å². The van der Waals surface area contributed by atoms with Crippen LogP contribution in [0.4, 0.5) is 5.69 Å². The van der Waals surface area contributed by atoms with Crippen molar-refractivity contribution in [2.45, 2.75) is 11.4 Å². The van der Waals surface area contributed by atoms with Crippen LogP contribution in [0.5, 0.6) is 0 Å². The summed E-state index contributed by atoms with van der Waals surface area (Å²) in [7, 11) is -3.64. The van der Waals surface area contributed by atoms with Crippen molar-refractivity contribution < 1.29 is 8.42 Å². The highest BCUT2D eigenvalue weighted by Crippen LogP contribution is 2.32. The Labute approximate surface area is 146 Å². The number of anilines is 1. The molecule has 0 spiro atoms. The molecule has 2 aromatic rings. The van der Waals surface area contributed by atoms with Gasteiger partial charge in [-0.15, -0.1) is 11.3 Å². The third-order valence-electron chi connectivity index (χ3n) is 2.40. The van der Waals surface area contributed by atoms with Gasteiger partial charge in [-0.05, 0) is 71.4 Å². The molecule has 0 bridgehead atoms. The van der Waals surface area contributed by atoms with E-state index in [1.54, 1.807) is 12.1 Å². The van der Waals surface area contributed by atoms with Gasteiger partial charge in [-0.25, -0.2) is 13.1 Å². The van der Waals surface area contributed by atoms with Crippen molar-refractivity contribution in [1.29, 1.82) is 0 Å². The third kappa shape index (κ3) is 3.63. The first-order chi connectivity index (χ1) is 9.31. The van der Waals surface area contributed by atoms with Crippen LogP contribution in [0, 0.1) is 0 Å². The Balaban J connectivity index is 2.30. The maximum Gasteiger partial charge on any atom is 0.243 e. The zero-order valence-corrected chi connectivity index (χ0v) is 16.3. The lowest BCUT2D eigenvalue weighted by atomic mass is 10.3. The van der Waals surface area contributed by atoms with Gasteiger partial charge in [0.15, 0.2) is 0 Å². The highest BCUT2D eigenvalue weighted by molar-refractivity contribution is 9.11. The summed E-state index contributed by atoms with van der Waals surface area (Å²) in [6, 6.07) is 4.99. The van der Waals surface area contributed by atoms with E-state index in [1.807, 2.05) is 11.4 Å². The lowest BCUT2D eigenvalue weighted by Gasteiger charge is -2.11. The largest absolute Gasteiger partial charge is 0.399 e. The lowest BCUT2D eigenvalue weighted by molar-refractivity contribution is 0.580. The number of hydrogen-bond donors (Lipinski definition) is 2. The zero-order valence-electron chi connectivity index (χ0n) is 9.86. The number of halogens is 3. The second-order valence-corrected chi connectivity index (χ2v) is 9.10. The second kappa shape index (κ2) is 6.45. The molecule has 0 aliphatic rings. The van der Waals surface area contributed by atoms with Crippen LogP contribution in [0.2, 0.25) is 0 Å². The minimum Gasteiger partial charge on any atom is -0.399 e. The molecule has 2 rings (SSSR count). The maximum absolute atomic E-state index is 12.4. The van der Waals surface area contributed by atoms with E-state index in [4.69, 9.17) is 5.73 Å². The SMILES string of the molecule is Nc1cc(Br)c(S(=O)(=O)NCc2sccc2Br)c(Br)c1. The predicted octanol–water partition coefficient (Wildman–Crippen LogP) is 4.10. The monoisotopic (exact) mass is 502 g/mol. The smallest absolute Gasteiger partial charge is 0.243 e. The molecule has 1 aromatic carbocycles. The topological polar surface area (TPSA) is 72.2 Å². The lowest BCUT2D eigenvalue weighted by Crippen LogP contribution is -2.23. The molecule has 1 aromatic heterocycles. The molecule has 0 fully saturated rings. The third-order valence-corrected chi connectivity index (χ3v) is 7.61. The Kier molecular flexibility index (Phi) is 5.30. The normalized spacial score (nSPS) is 11.8. The summed E-state index contributed by atoms with van der Waals surface area (Å²) in [5, 5.41) is 1.89. The number of hydrogen-bond acceptors (Lipinski definition) is 4. The fourth-order valence-electron chi connectivity index (χ4n) is 1.52. The molecule has 4 nitrogen and oxygen atoms in total. The molecular weight excluding hydrogens is 496 g/mol. The van der Waals surface area contributed by atoms with Crippen molar-refractivity contribution in [3.63, 3.8) is 0 Å². The quantitative estimate of drug-likeness (QED) is 0.616. The minimum atomic E-state index is -3.64. The number of nitrogen functional groups attached to an aromatic ring is 1. The van der Waals surface area contributed by atoms with Gasteiger partial charge in [-0.1, -0.05) is 0 Å². The van der Waals surface area contributed by atoms with E-state index in [1.165, 1.54) is 11.3 Å². The molecule has 0 amide bonds. The standard InChI is InChI=1S/C11H9Br3N2O2S2/c12-7-1-2-19-10(7)5-16-20(17,18)11-8(13)3-6(15)4-9(11)14/h1-4,16H,5,15H2. The summed E-state index contributed by atoms with van der Waals surface area (Å²) in [6.07, 6.45) is 0. The fraction of sp³-hybridized carbons (Fsp3) is 0.0909. The molecule has 3 N–H and O–H groups in total. The van der Waals surface area contributed by atoms with E-state index in [9.17, 15) is 8.42 Å². The second-order valence-electron chi connectivity index (χ2n) is 3.83. The summed E-state index contributed by atoms with van der Waals surface area (Å²) >= 11 is 11.3. The molecule has 0 aliphatic carbocycles. The van der Waals surface area contributed by atoms with Gasteiger partial charge in [0.25, 0.3) is 0 Å². The molecule has 0 saturated carbocycles. The highest BCUT2D eigenvalue weighted by Gasteiger charge is 2.22. The van der Waals surface area contributed by atoms with E-state index >= 15 is 0 Å². The Morgan fingerprint density at radius 1 is 1.15 bits per heavy atom. The average molecular weight is 505 g/mol. The van der Waals surface area contributed by atoms with Crippen LogP contribution in [0.15, 0.2) is 41.9 Å². The van der Waals surface area contributed by atoms with Gasteiger partial charge < -0.3 is 5.73 Å². The highest BCUT2D eigenvalue weighted by atomic mass is 79.9. The Hall–Kier alpha value is 0.0700. The number of thiophene rings is 1. The van der Waals surface area contributed by atoms with Crippen LogP contribution in [0.1, 0.15) is 4.88 Å². The van der Waals surface area contributed by atoms with Crippen LogP contribution >= 0.6 is 59.1 Å². The van der Waals surface area contributed by atoms with Crippen molar-refractivity contribution in [1.82, 2.24) is 4.72 Å². The molecule has 9 heteroatoms. The van der Waals surface area contributed by atoms with Crippen LogP contribution in [0.25, 0.3) is 0 Å². The minimum absolute atomic E-state index is 0.138. The Morgan fingerprint density at radius 3 is 2.25 bits per heavy atom. The fourth-order valence-corrected chi connectivity index (χ4v) is 6.65. The number of nitrogens with two attached hydrogens (primary N) is 1. The van der Waals surface area contributed by atoms with E-state index in [-0.39, 0.29) is 11.4 Å². The predicted molar refractivity (Wildman–Crippen MR) is 92.3 cm³/mol. The van der Waals surface area contributed by atoms with Gasteiger partial charge in [0, 0.05) is 30.5 Å². The van der Waals surface area contributed by atoms with E-state index in [0.717, 1.165) is 9.35 Å². The van der Waals surface area contributed by atoms with Gasteiger partial charge in [0.2, 0.25) is 10.0 Å². The summed E-state index contributed by atoms with van der Waals surface area (Å²) < 4.78 is 29.0. The van der Waals surface area contributed by atoms with Gasteiger partial charge in [0.1, 0.15) is 4.90 Å². The first kappa shape index (κ1) is 16.4. The zero-order chi connectivity index (χ0) is 14.9.